The molecule has 0 aliphatic carbocycles. The Morgan fingerprint density at radius 1 is 1.25 bits per heavy atom. The third-order valence-corrected chi connectivity index (χ3v) is 2.83. The maximum absolute atomic E-state index is 12.1. The molecule has 0 fully saturated rings. The number of fused-ring (bicyclic) bond motifs is 1. The number of alkyl halides is 2. The van der Waals surface area contributed by atoms with Gasteiger partial charge in [-0.1, -0.05) is 12.1 Å². The van der Waals surface area contributed by atoms with Crippen LogP contribution in [0.4, 0.5) is 4.39 Å². The molecule has 0 saturated heterocycles. The van der Waals surface area contributed by atoms with E-state index >= 15 is 0 Å². The fourth-order valence-corrected chi connectivity index (χ4v) is 1.81. The van der Waals surface area contributed by atoms with Crippen molar-refractivity contribution in [1.82, 2.24) is 0 Å². The fourth-order valence-electron chi connectivity index (χ4n) is 1.65. The number of halogens is 2. The molecule has 0 radical (unpaired) electrons. The van der Waals surface area contributed by atoms with E-state index in [0.29, 0.717) is 6.42 Å². The summed E-state index contributed by atoms with van der Waals surface area (Å²) in [5, 5.41) is -0.385. The lowest BCUT2D eigenvalue weighted by molar-refractivity contribution is 0.0395. The Morgan fingerprint density at radius 3 is 2.44 bits per heavy atom. The van der Waals surface area contributed by atoms with Crippen LogP contribution in [-0.4, -0.2) is 18.3 Å². The minimum atomic E-state index is -0.478. The molecule has 1 unspecified atom stereocenters. The average molecular weight is 245 g/mol. The van der Waals surface area contributed by atoms with Crippen LogP contribution in [0.1, 0.15) is 19.3 Å². The predicted octanol–water partition coefficient (Wildman–Crippen LogP) is 3.53. The van der Waals surface area contributed by atoms with Crippen LogP contribution in [-0.2, 0) is 0 Å². The normalized spacial score (nSPS) is 16.4. The standard InChI is InChI=1S/C12H14ClFO2/c13-9(8-14)4-3-7-12-15-10-5-1-2-6-11(10)16-12/h1-2,5-6,9,12H,3-4,7-8H2. The van der Waals surface area contributed by atoms with E-state index in [2.05, 4.69) is 0 Å². The summed E-state index contributed by atoms with van der Waals surface area (Å²) in [6, 6.07) is 7.56. The van der Waals surface area contributed by atoms with Gasteiger partial charge < -0.3 is 9.47 Å². The summed E-state index contributed by atoms with van der Waals surface area (Å²) in [7, 11) is 0. The van der Waals surface area contributed by atoms with Gasteiger partial charge in [0.15, 0.2) is 11.5 Å². The Morgan fingerprint density at radius 2 is 1.88 bits per heavy atom. The second-order valence-electron chi connectivity index (χ2n) is 3.79. The number of rotatable bonds is 5. The van der Waals surface area contributed by atoms with E-state index in [1.54, 1.807) is 0 Å². The minimum absolute atomic E-state index is 0.249. The molecule has 2 rings (SSSR count). The highest BCUT2D eigenvalue weighted by Gasteiger charge is 2.23. The van der Waals surface area contributed by atoms with Gasteiger partial charge in [0.25, 0.3) is 0 Å². The van der Waals surface area contributed by atoms with Crippen LogP contribution in [0.3, 0.4) is 0 Å². The summed E-state index contributed by atoms with van der Waals surface area (Å²) < 4.78 is 23.2. The van der Waals surface area contributed by atoms with Gasteiger partial charge >= 0.3 is 0 Å². The van der Waals surface area contributed by atoms with Crippen LogP contribution in [0, 0.1) is 0 Å². The van der Waals surface area contributed by atoms with Gasteiger partial charge in [-0.15, -0.1) is 11.6 Å². The molecule has 0 spiro atoms. The molecule has 16 heavy (non-hydrogen) atoms. The van der Waals surface area contributed by atoms with Crippen LogP contribution < -0.4 is 9.47 Å². The molecular weight excluding hydrogens is 231 g/mol. The largest absolute Gasteiger partial charge is 0.451 e. The predicted molar refractivity (Wildman–Crippen MR) is 61.0 cm³/mol. The number of ether oxygens (including phenoxy) is 2. The molecule has 2 nitrogen and oxygen atoms in total. The van der Waals surface area contributed by atoms with Crippen molar-refractivity contribution in [3.63, 3.8) is 0 Å². The highest BCUT2D eigenvalue weighted by atomic mass is 35.5. The monoisotopic (exact) mass is 244 g/mol. The number of benzene rings is 1. The number of hydrogen-bond donors (Lipinski definition) is 0. The summed E-state index contributed by atoms with van der Waals surface area (Å²) in [5.41, 5.74) is 0. The molecule has 0 N–H and O–H groups in total. The second-order valence-corrected chi connectivity index (χ2v) is 4.41. The van der Waals surface area contributed by atoms with Gasteiger partial charge in [-0.3, -0.25) is 0 Å². The van der Waals surface area contributed by atoms with Crippen molar-refractivity contribution in [1.29, 1.82) is 0 Å². The first kappa shape index (κ1) is 11.5. The lowest BCUT2D eigenvalue weighted by atomic mass is 10.2. The first-order valence-electron chi connectivity index (χ1n) is 5.42. The zero-order valence-electron chi connectivity index (χ0n) is 8.86. The molecule has 1 aromatic rings. The zero-order chi connectivity index (χ0) is 11.4. The molecule has 1 aliphatic heterocycles. The van der Waals surface area contributed by atoms with Crippen molar-refractivity contribution in [2.45, 2.75) is 30.9 Å². The van der Waals surface area contributed by atoms with Gasteiger partial charge in [0, 0.05) is 6.42 Å². The minimum Gasteiger partial charge on any atom is -0.451 e. The molecule has 0 amide bonds. The fraction of sp³-hybridized carbons (Fsp3) is 0.500. The molecule has 4 heteroatoms. The lowest BCUT2D eigenvalue weighted by Gasteiger charge is -2.10. The maximum Gasteiger partial charge on any atom is 0.241 e. The summed E-state index contributed by atoms with van der Waals surface area (Å²) in [6.07, 6.45) is 1.94. The van der Waals surface area contributed by atoms with Crippen molar-refractivity contribution in [3.8, 4) is 11.5 Å². The van der Waals surface area contributed by atoms with Crippen molar-refractivity contribution in [2.75, 3.05) is 6.67 Å². The molecule has 1 heterocycles. The molecule has 0 bridgehead atoms. The quantitative estimate of drug-likeness (QED) is 0.738. The van der Waals surface area contributed by atoms with Crippen LogP contribution in [0.15, 0.2) is 24.3 Å². The third-order valence-electron chi connectivity index (χ3n) is 2.49. The maximum atomic E-state index is 12.1. The molecule has 1 atom stereocenters. The summed E-state index contributed by atoms with van der Waals surface area (Å²) >= 11 is 5.68. The molecule has 1 aromatic carbocycles. The van der Waals surface area contributed by atoms with Gasteiger partial charge in [0.05, 0.1) is 5.38 Å². The van der Waals surface area contributed by atoms with E-state index in [9.17, 15) is 4.39 Å². The Balaban J connectivity index is 1.75. The third kappa shape index (κ3) is 2.79. The number of para-hydroxylation sites is 2. The Bertz CT molecular complexity index is 321. The van der Waals surface area contributed by atoms with Crippen molar-refractivity contribution in [2.24, 2.45) is 0 Å². The van der Waals surface area contributed by atoms with Gasteiger partial charge in [-0.2, -0.15) is 0 Å². The smallest absolute Gasteiger partial charge is 0.241 e. The van der Waals surface area contributed by atoms with Gasteiger partial charge in [0.2, 0.25) is 6.29 Å². The van der Waals surface area contributed by atoms with Crippen LogP contribution in [0.5, 0.6) is 11.5 Å². The van der Waals surface area contributed by atoms with E-state index in [-0.39, 0.29) is 11.7 Å². The topological polar surface area (TPSA) is 18.5 Å². The van der Waals surface area contributed by atoms with E-state index in [1.165, 1.54) is 0 Å². The Hall–Kier alpha value is -0.960. The first-order chi connectivity index (χ1) is 7.79. The first-order valence-corrected chi connectivity index (χ1v) is 5.85. The lowest BCUT2D eigenvalue weighted by Crippen LogP contribution is -2.18. The summed E-state index contributed by atoms with van der Waals surface area (Å²) in [4.78, 5) is 0. The average Bonchev–Trinajstić information content (AvgIpc) is 2.71. The molecule has 0 saturated carbocycles. The van der Waals surface area contributed by atoms with Gasteiger partial charge in [0.1, 0.15) is 6.67 Å². The molecule has 0 aromatic heterocycles. The SMILES string of the molecule is FCC(Cl)CCCC1Oc2ccccc2O1. The zero-order valence-corrected chi connectivity index (χ0v) is 9.62. The van der Waals surface area contributed by atoms with E-state index in [0.717, 1.165) is 24.3 Å². The van der Waals surface area contributed by atoms with E-state index < -0.39 is 6.67 Å². The highest BCUT2D eigenvalue weighted by Crippen LogP contribution is 2.35. The van der Waals surface area contributed by atoms with E-state index in [1.807, 2.05) is 24.3 Å². The molecular formula is C12H14ClFO2. The molecule has 1 aliphatic rings. The van der Waals surface area contributed by atoms with Crippen LogP contribution in [0.25, 0.3) is 0 Å². The second kappa shape index (κ2) is 5.39. The summed E-state index contributed by atoms with van der Waals surface area (Å²) in [5.74, 6) is 1.56. The van der Waals surface area contributed by atoms with Gasteiger partial charge in [-0.25, -0.2) is 4.39 Å². The van der Waals surface area contributed by atoms with Crippen molar-refractivity contribution >= 4 is 11.6 Å². The Labute approximate surface area is 99.3 Å². The summed E-state index contributed by atoms with van der Waals surface area (Å²) in [6.45, 7) is -0.478. The van der Waals surface area contributed by atoms with Crippen LogP contribution in [0.2, 0.25) is 0 Å². The molecule has 88 valence electrons. The Kier molecular flexibility index (Phi) is 3.88. The van der Waals surface area contributed by atoms with Crippen LogP contribution >= 0.6 is 11.6 Å². The van der Waals surface area contributed by atoms with Gasteiger partial charge in [-0.05, 0) is 25.0 Å². The number of hydrogen-bond acceptors (Lipinski definition) is 2. The van der Waals surface area contributed by atoms with E-state index in [4.69, 9.17) is 21.1 Å². The highest BCUT2D eigenvalue weighted by molar-refractivity contribution is 6.20. The van der Waals surface area contributed by atoms with Crippen molar-refractivity contribution < 1.29 is 13.9 Å². The van der Waals surface area contributed by atoms with Crippen molar-refractivity contribution in [3.05, 3.63) is 24.3 Å².